The van der Waals surface area contributed by atoms with E-state index in [2.05, 4.69) is 9.80 Å². The minimum atomic E-state index is -0.0696. The number of rotatable bonds is 5. The summed E-state index contributed by atoms with van der Waals surface area (Å²) in [5, 5.41) is 0. The number of hydrogen-bond donors (Lipinski definition) is 0. The Balaban J connectivity index is 1.70. The summed E-state index contributed by atoms with van der Waals surface area (Å²) in [5.41, 5.74) is 2.95. The molecular formula is C17H28N2O3. The van der Waals surface area contributed by atoms with Gasteiger partial charge in [-0.3, -0.25) is 9.69 Å². The summed E-state index contributed by atoms with van der Waals surface area (Å²) < 4.78 is 10.6. The summed E-state index contributed by atoms with van der Waals surface area (Å²) >= 11 is 0. The maximum Gasteiger partial charge on any atom is 0.306 e. The van der Waals surface area contributed by atoms with Gasteiger partial charge in [-0.05, 0) is 38.3 Å². The molecule has 0 aromatic heterocycles. The van der Waals surface area contributed by atoms with E-state index in [1.54, 1.807) is 0 Å². The first-order valence-electron chi connectivity index (χ1n) is 8.71. The number of morpholine rings is 1. The third-order valence-corrected chi connectivity index (χ3v) is 5.06. The first-order chi connectivity index (χ1) is 10.8. The average molecular weight is 308 g/mol. The molecule has 5 nitrogen and oxygen atoms in total. The minimum absolute atomic E-state index is 0.0696. The van der Waals surface area contributed by atoms with Crippen LogP contribution in [0.4, 0.5) is 0 Å². The van der Waals surface area contributed by atoms with Crippen molar-refractivity contribution in [2.45, 2.75) is 45.1 Å². The number of nitrogens with zero attached hydrogens (tertiary/aromatic N) is 2. The van der Waals surface area contributed by atoms with Crippen molar-refractivity contribution in [3.63, 3.8) is 0 Å². The van der Waals surface area contributed by atoms with E-state index in [4.69, 9.17) is 9.47 Å². The van der Waals surface area contributed by atoms with Crippen LogP contribution < -0.4 is 0 Å². The first-order valence-corrected chi connectivity index (χ1v) is 8.71. The van der Waals surface area contributed by atoms with Crippen LogP contribution >= 0.6 is 0 Å². The molecule has 0 radical (unpaired) electrons. The Hall–Kier alpha value is -1.07. The molecule has 0 N–H and O–H groups in total. The highest BCUT2D eigenvalue weighted by atomic mass is 16.5. The Labute approximate surface area is 133 Å². The van der Waals surface area contributed by atoms with Crippen LogP contribution in [-0.2, 0) is 14.3 Å². The zero-order valence-electron chi connectivity index (χ0n) is 13.7. The second-order valence-corrected chi connectivity index (χ2v) is 6.43. The summed E-state index contributed by atoms with van der Waals surface area (Å²) in [6.45, 7) is 8.22. The normalized spacial score (nSPS) is 26.2. The zero-order chi connectivity index (χ0) is 15.4. The molecule has 22 heavy (non-hydrogen) atoms. The molecule has 3 heterocycles. The van der Waals surface area contributed by atoms with E-state index < -0.39 is 0 Å². The number of carbonyl (C=O) groups is 1. The van der Waals surface area contributed by atoms with Crippen LogP contribution in [0.25, 0.3) is 0 Å². The van der Waals surface area contributed by atoms with Gasteiger partial charge in [-0.2, -0.15) is 0 Å². The predicted molar refractivity (Wildman–Crippen MR) is 84.5 cm³/mol. The molecule has 0 saturated carbocycles. The van der Waals surface area contributed by atoms with Crippen LogP contribution in [0.15, 0.2) is 11.3 Å². The van der Waals surface area contributed by atoms with Gasteiger partial charge in [0.25, 0.3) is 0 Å². The van der Waals surface area contributed by atoms with Crippen molar-refractivity contribution in [2.75, 3.05) is 46.0 Å². The van der Waals surface area contributed by atoms with Crippen molar-refractivity contribution in [1.29, 1.82) is 0 Å². The van der Waals surface area contributed by atoms with E-state index in [0.29, 0.717) is 19.1 Å². The molecule has 0 aromatic rings. The van der Waals surface area contributed by atoms with E-state index >= 15 is 0 Å². The molecule has 2 fully saturated rings. The van der Waals surface area contributed by atoms with Crippen molar-refractivity contribution in [1.82, 2.24) is 9.80 Å². The summed E-state index contributed by atoms with van der Waals surface area (Å²) in [4.78, 5) is 16.8. The third kappa shape index (κ3) is 3.63. The van der Waals surface area contributed by atoms with Gasteiger partial charge < -0.3 is 14.4 Å². The molecule has 3 aliphatic rings. The van der Waals surface area contributed by atoms with Gasteiger partial charge in [0.2, 0.25) is 0 Å². The van der Waals surface area contributed by atoms with Gasteiger partial charge >= 0.3 is 5.97 Å². The van der Waals surface area contributed by atoms with Gasteiger partial charge in [0, 0.05) is 44.2 Å². The molecule has 0 spiro atoms. The number of ether oxygens (including phenoxy) is 2. The van der Waals surface area contributed by atoms with Crippen LogP contribution in [0, 0.1) is 0 Å². The molecule has 0 aromatic carbocycles. The summed E-state index contributed by atoms with van der Waals surface area (Å²) in [5.74, 6) is -0.0696. The van der Waals surface area contributed by atoms with Crippen molar-refractivity contribution in [3.05, 3.63) is 11.3 Å². The van der Waals surface area contributed by atoms with Crippen LogP contribution in [0.2, 0.25) is 0 Å². The van der Waals surface area contributed by atoms with Gasteiger partial charge in [-0.15, -0.1) is 0 Å². The summed E-state index contributed by atoms with van der Waals surface area (Å²) in [6.07, 6.45) is 5.13. The van der Waals surface area contributed by atoms with E-state index in [9.17, 15) is 4.79 Å². The van der Waals surface area contributed by atoms with E-state index in [1.807, 2.05) is 6.92 Å². The molecule has 3 rings (SSSR count). The van der Waals surface area contributed by atoms with Crippen molar-refractivity contribution in [3.8, 4) is 0 Å². The Morgan fingerprint density at radius 3 is 2.91 bits per heavy atom. The van der Waals surface area contributed by atoms with Gasteiger partial charge in [-0.1, -0.05) is 0 Å². The van der Waals surface area contributed by atoms with Crippen LogP contribution in [0.3, 0.4) is 0 Å². The Kier molecular flexibility index (Phi) is 5.37. The summed E-state index contributed by atoms with van der Waals surface area (Å²) in [6, 6.07) is 0.712. The maximum absolute atomic E-state index is 11.7. The highest BCUT2D eigenvalue weighted by Gasteiger charge is 2.33. The quantitative estimate of drug-likeness (QED) is 0.724. The third-order valence-electron chi connectivity index (χ3n) is 5.06. The maximum atomic E-state index is 11.7. The Morgan fingerprint density at radius 1 is 1.32 bits per heavy atom. The lowest BCUT2D eigenvalue weighted by molar-refractivity contribution is -0.143. The summed E-state index contributed by atoms with van der Waals surface area (Å²) in [7, 11) is 0. The molecule has 2 saturated heterocycles. The van der Waals surface area contributed by atoms with Crippen molar-refractivity contribution >= 4 is 5.97 Å². The van der Waals surface area contributed by atoms with E-state index in [0.717, 1.165) is 45.7 Å². The second kappa shape index (κ2) is 7.47. The van der Waals surface area contributed by atoms with Crippen molar-refractivity contribution in [2.24, 2.45) is 0 Å². The second-order valence-electron chi connectivity index (χ2n) is 6.43. The SMILES string of the molecule is CCOC(=O)CCC1=C(N2CCOCC2)CC2CCCN2C1. The highest BCUT2D eigenvalue weighted by molar-refractivity contribution is 5.69. The fourth-order valence-electron chi connectivity index (χ4n) is 3.93. The van der Waals surface area contributed by atoms with Crippen LogP contribution in [-0.4, -0.2) is 67.8 Å². The topological polar surface area (TPSA) is 42.0 Å². The number of esters is 1. The lowest BCUT2D eigenvalue weighted by Gasteiger charge is -2.40. The van der Waals surface area contributed by atoms with Crippen LogP contribution in [0.5, 0.6) is 0 Å². The largest absolute Gasteiger partial charge is 0.466 e. The Bertz CT molecular complexity index is 430. The molecule has 124 valence electrons. The van der Waals surface area contributed by atoms with Gasteiger partial charge in [-0.25, -0.2) is 0 Å². The lowest BCUT2D eigenvalue weighted by atomic mass is 9.95. The number of hydrogen-bond acceptors (Lipinski definition) is 5. The van der Waals surface area contributed by atoms with Gasteiger partial charge in [0.15, 0.2) is 0 Å². The Morgan fingerprint density at radius 2 is 2.14 bits per heavy atom. The minimum Gasteiger partial charge on any atom is -0.466 e. The molecule has 3 aliphatic heterocycles. The molecule has 0 aliphatic carbocycles. The molecular weight excluding hydrogens is 280 g/mol. The van der Waals surface area contributed by atoms with E-state index in [-0.39, 0.29) is 5.97 Å². The molecule has 0 amide bonds. The fraction of sp³-hybridized carbons (Fsp3) is 0.824. The van der Waals surface area contributed by atoms with E-state index in [1.165, 1.54) is 30.7 Å². The average Bonchev–Trinajstić information content (AvgIpc) is 3.00. The fourth-order valence-corrected chi connectivity index (χ4v) is 3.93. The zero-order valence-corrected chi connectivity index (χ0v) is 13.7. The predicted octanol–water partition coefficient (Wildman–Crippen LogP) is 1.78. The van der Waals surface area contributed by atoms with Gasteiger partial charge in [0.05, 0.1) is 19.8 Å². The first kappa shape index (κ1) is 15.8. The van der Waals surface area contributed by atoms with Crippen LogP contribution in [0.1, 0.15) is 39.0 Å². The molecule has 5 heteroatoms. The lowest BCUT2D eigenvalue weighted by Crippen LogP contribution is -2.43. The van der Waals surface area contributed by atoms with Crippen molar-refractivity contribution < 1.29 is 14.3 Å². The monoisotopic (exact) mass is 308 g/mol. The standard InChI is InChI=1S/C17H28N2O3/c1-2-22-17(20)6-5-14-13-19-7-3-4-15(19)12-16(14)18-8-10-21-11-9-18/h15H,2-13H2,1H3. The number of carbonyl (C=O) groups excluding carboxylic acids is 1. The molecule has 1 atom stereocenters. The molecule has 1 unspecified atom stereocenters. The molecule has 0 bridgehead atoms. The van der Waals surface area contributed by atoms with Gasteiger partial charge in [0.1, 0.15) is 0 Å². The highest BCUT2D eigenvalue weighted by Crippen LogP contribution is 2.34. The smallest absolute Gasteiger partial charge is 0.306 e. The number of fused-ring (bicyclic) bond motifs is 1.